The Bertz CT molecular complexity index is 723. The van der Waals surface area contributed by atoms with E-state index >= 15 is 0 Å². The van der Waals surface area contributed by atoms with Crippen molar-refractivity contribution in [3.05, 3.63) is 63.4 Å². The van der Waals surface area contributed by atoms with E-state index in [1.807, 2.05) is 42.5 Å². The highest BCUT2D eigenvalue weighted by molar-refractivity contribution is 9.10. The smallest absolute Gasteiger partial charge is 0.197 e. The van der Waals surface area contributed by atoms with Crippen LogP contribution < -0.4 is 5.73 Å². The number of hydrogen-bond acceptors (Lipinski definition) is 3. The average molecular weight is 352 g/mol. The third kappa shape index (κ3) is 2.73. The standard InChI is InChI=1S/C15H12BrClN2O/c16-9-5-6-11(17)10(7-9)12(18)8-15-19-13-3-1-2-4-14(13)20-15/h1-7,12H,8,18H2. The number of aromatic nitrogens is 1. The summed E-state index contributed by atoms with van der Waals surface area (Å²) in [5.74, 6) is 0.620. The Morgan fingerprint density at radius 1 is 1.25 bits per heavy atom. The Labute approximate surface area is 129 Å². The maximum absolute atomic E-state index is 6.21. The number of rotatable bonds is 3. The maximum atomic E-state index is 6.21. The third-order valence-electron chi connectivity index (χ3n) is 3.09. The van der Waals surface area contributed by atoms with Crippen molar-refractivity contribution >= 4 is 38.6 Å². The fraction of sp³-hybridized carbons (Fsp3) is 0.133. The van der Waals surface area contributed by atoms with Gasteiger partial charge < -0.3 is 10.2 Å². The molecule has 3 rings (SSSR count). The van der Waals surface area contributed by atoms with E-state index in [1.165, 1.54) is 0 Å². The summed E-state index contributed by atoms with van der Waals surface area (Å²) >= 11 is 9.61. The zero-order valence-corrected chi connectivity index (χ0v) is 12.9. The van der Waals surface area contributed by atoms with Gasteiger partial charge in [0.15, 0.2) is 11.5 Å². The van der Waals surface area contributed by atoms with E-state index in [1.54, 1.807) is 0 Å². The van der Waals surface area contributed by atoms with Crippen molar-refractivity contribution in [2.24, 2.45) is 5.73 Å². The van der Waals surface area contributed by atoms with Crippen LogP contribution in [0.5, 0.6) is 0 Å². The maximum Gasteiger partial charge on any atom is 0.197 e. The summed E-state index contributed by atoms with van der Waals surface area (Å²) in [5, 5.41) is 0.650. The lowest BCUT2D eigenvalue weighted by Gasteiger charge is -2.12. The molecule has 0 aliphatic carbocycles. The van der Waals surface area contributed by atoms with Crippen LogP contribution in [0.1, 0.15) is 17.5 Å². The highest BCUT2D eigenvalue weighted by Gasteiger charge is 2.15. The largest absolute Gasteiger partial charge is 0.441 e. The Morgan fingerprint density at radius 3 is 2.85 bits per heavy atom. The van der Waals surface area contributed by atoms with Gasteiger partial charge in [-0.25, -0.2) is 4.98 Å². The second-order valence-corrected chi connectivity index (χ2v) is 5.87. The first kappa shape index (κ1) is 13.6. The molecule has 0 saturated heterocycles. The summed E-state index contributed by atoms with van der Waals surface area (Å²) in [7, 11) is 0. The second-order valence-electron chi connectivity index (χ2n) is 4.55. The SMILES string of the molecule is NC(Cc1nc2ccccc2o1)c1cc(Br)ccc1Cl. The molecule has 3 nitrogen and oxygen atoms in total. The van der Waals surface area contributed by atoms with Crippen molar-refractivity contribution in [2.45, 2.75) is 12.5 Å². The first-order valence-electron chi connectivity index (χ1n) is 6.18. The second kappa shape index (κ2) is 5.56. The van der Waals surface area contributed by atoms with Crippen molar-refractivity contribution < 1.29 is 4.42 Å². The zero-order valence-electron chi connectivity index (χ0n) is 10.5. The lowest BCUT2D eigenvalue weighted by molar-refractivity contribution is 0.502. The molecular weight excluding hydrogens is 340 g/mol. The fourth-order valence-electron chi connectivity index (χ4n) is 2.10. The van der Waals surface area contributed by atoms with Crippen LogP contribution in [0.15, 0.2) is 51.4 Å². The Hall–Kier alpha value is -1.36. The molecule has 5 heteroatoms. The predicted octanol–water partition coefficient (Wildman–Crippen LogP) is 4.49. The molecule has 3 aromatic rings. The van der Waals surface area contributed by atoms with E-state index in [0.29, 0.717) is 17.3 Å². The lowest BCUT2D eigenvalue weighted by Crippen LogP contribution is -2.14. The summed E-state index contributed by atoms with van der Waals surface area (Å²) < 4.78 is 6.63. The number of nitrogens with zero attached hydrogens (tertiary/aromatic N) is 1. The van der Waals surface area contributed by atoms with Gasteiger partial charge in [0.05, 0.1) is 0 Å². The highest BCUT2D eigenvalue weighted by Crippen LogP contribution is 2.28. The Morgan fingerprint density at radius 2 is 2.05 bits per heavy atom. The molecule has 0 saturated carbocycles. The summed E-state index contributed by atoms with van der Waals surface area (Å²) in [5.41, 5.74) is 8.71. The van der Waals surface area contributed by atoms with Gasteiger partial charge in [0.25, 0.3) is 0 Å². The van der Waals surface area contributed by atoms with E-state index in [9.17, 15) is 0 Å². The van der Waals surface area contributed by atoms with Crippen molar-refractivity contribution in [1.82, 2.24) is 4.98 Å². The molecule has 0 bridgehead atoms. The molecule has 102 valence electrons. The van der Waals surface area contributed by atoms with Gasteiger partial charge in [-0.15, -0.1) is 0 Å². The predicted molar refractivity (Wildman–Crippen MR) is 83.8 cm³/mol. The topological polar surface area (TPSA) is 52.0 Å². The molecule has 1 heterocycles. The minimum absolute atomic E-state index is 0.256. The third-order valence-corrected chi connectivity index (χ3v) is 3.93. The first-order chi connectivity index (χ1) is 9.63. The monoisotopic (exact) mass is 350 g/mol. The summed E-state index contributed by atoms with van der Waals surface area (Å²) in [4.78, 5) is 4.43. The van der Waals surface area contributed by atoms with E-state index in [-0.39, 0.29) is 6.04 Å². The molecule has 2 aromatic carbocycles. The molecule has 1 atom stereocenters. The number of fused-ring (bicyclic) bond motifs is 1. The number of oxazole rings is 1. The minimum Gasteiger partial charge on any atom is -0.441 e. The Kier molecular flexibility index (Phi) is 3.78. The van der Waals surface area contributed by atoms with Gasteiger partial charge in [0.2, 0.25) is 0 Å². The van der Waals surface area contributed by atoms with Crippen LogP contribution in [0.2, 0.25) is 5.02 Å². The minimum atomic E-state index is -0.256. The van der Waals surface area contributed by atoms with Crippen molar-refractivity contribution in [3.63, 3.8) is 0 Å². The van der Waals surface area contributed by atoms with Crippen LogP contribution in [0.3, 0.4) is 0 Å². The lowest BCUT2D eigenvalue weighted by atomic mass is 10.0. The van der Waals surface area contributed by atoms with Gasteiger partial charge in [-0.2, -0.15) is 0 Å². The first-order valence-corrected chi connectivity index (χ1v) is 7.35. The van der Waals surface area contributed by atoms with Gasteiger partial charge in [-0.05, 0) is 35.9 Å². The summed E-state index contributed by atoms with van der Waals surface area (Å²) in [6.07, 6.45) is 0.505. The van der Waals surface area contributed by atoms with Crippen LogP contribution in [-0.4, -0.2) is 4.98 Å². The van der Waals surface area contributed by atoms with Gasteiger partial charge in [0.1, 0.15) is 5.52 Å². The average Bonchev–Trinajstić information content (AvgIpc) is 2.83. The van der Waals surface area contributed by atoms with E-state index in [2.05, 4.69) is 20.9 Å². The number of nitrogens with two attached hydrogens (primary N) is 1. The molecule has 0 aliphatic heterocycles. The van der Waals surface area contributed by atoms with E-state index in [0.717, 1.165) is 21.1 Å². The molecule has 1 unspecified atom stereocenters. The molecule has 1 aromatic heterocycles. The zero-order chi connectivity index (χ0) is 14.1. The van der Waals surface area contributed by atoms with Gasteiger partial charge in [0, 0.05) is 22.0 Å². The van der Waals surface area contributed by atoms with Gasteiger partial charge in [-0.3, -0.25) is 0 Å². The van der Waals surface area contributed by atoms with Gasteiger partial charge >= 0.3 is 0 Å². The molecule has 0 radical (unpaired) electrons. The van der Waals surface area contributed by atoms with Crippen LogP contribution in [0.25, 0.3) is 11.1 Å². The molecule has 0 amide bonds. The fourth-order valence-corrected chi connectivity index (χ4v) is 2.74. The van der Waals surface area contributed by atoms with Crippen LogP contribution in [0.4, 0.5) is 0 Å². The molecule has 0 spiro atoms. The quantitative estimate of drug-likeness (QED) is 0.756. The normalized spacial score (nSPS) is 12.8. The van der Waals surface area contributed by atoms with Crippen molar-refractivity contribution in [2.75, 3.05) is 0 Å². The highest BCUT2D eigenvalue weighted by atomic mass is 79.9. The molecular formula is C15H12BrClN2O. The van der Waals surface area contributed by atoms with Crippen molar-refractivity contribution in [3.8, 4) is 0 Å². The number of para-hydroxylation sites is 2. The van der Waals surface area contributed by atoms with Gasteiger partial charge in [-0.1, -0.05) is 39.7 Å². The summed E-state index contributed by atoms with van der Waals surface area (Å²) in [6.45, 7) is 0. The van der Waals surface area contributed by atoms with Crippen LogP contribution >= 0.6 is 27.5 Å². The van der Waals surface area contributed by atoms with Crippen molar-refractivity contribution in [1.29, 1.82) is 0 Å². The summed E-state index contributed by atoms with van der Waals surface area (Å²) in [6, 6.07) is 13.0. The molecule has 20 heavy (non-hydrogen) atoms. The molecule has 2 N–H and O–H groups in total. The molecule has 0 aliphatic rings. The number of benzene rings is 2. The Balaban J connectivity index is 1.88. The van der Waals surface area contributed by atoms with E-state index in [4.69, 9.17) is 21.8 Å². The number of hydrogen-bond donors (Lipinski definition) is 1. The van der Waals surface area contributed by atoms with E-state index < -0.39 is 0 Å². The van der Waals surface area contributed by atoms with Crippen LogP contribution in [0, 0.1) is 0 Å². The van der Waals surface area contributed by atoms with Crippen LogP contribution in [-0.2, 0) is 6.42 Å². The number of halogens is 2. The molecule has 0 fully saturated rings.